The summed E-state index contributed by atoms with van der Waals surface area (Å²) in [4.78, 5) is 10.4. The van der Waals surface area contributed by atoms with E-state index in [1.165, 1.54) is 54.1 Å². The molecular formula is C43H29N3S. The Labute approximate surface area is 276 Å². The van der Waals surface area contributed by atoms with Gasteiger partial charge in [0.1, 0.15) is 0 Å². The Morgan fingerprint density at radius 3 is 2.13 bits per heavy atom. The van der Waals surface area contributed by atoms with E-state index in [0.717, 1.165) is 38.5 Å². The smallest absolute Gasteiger partial charge is 0.160 e. The van der Waals surface area contributed by atoms with Crippen LogP contribution in [-0.2, 0) is 5.41 Å². The van der Waals surface area contributed by atoms with Gasteiger partial charge in [-0.25, -0.2) is 9.97 Å². The van der Waals surface area contributed by atoms with Gasteiger partial charge < -0.3 is 4.57 Å². The molecule has 6 aromatic carbocycles. The van der Waals surface area contributed by atoms with Gasteiger partial charge >= 0.3 is 0 Å². The van der Waals surface area contributed by atoms with Gasteiger partial charge in [-0.2, -0.15) is 0 Å². The summed E-state index contributed by atoms with van der Waals surface area (Å²) in [6.07, 6.45) is 0. The summed E-state index contributed by atoms with van der Waals surface area (Å²) in [5.41, 5.74) is 13.1. The van der Waals surface area contributed by atoms with Gasteiger partial charge in [-0.3, -0.25) is 0 Å². The third kappa shape index (κ3) is 3.79. The highest BCUT2D eigenvalue weighted by molar-refractivity contribution is 7.26. The van der Waals surface area contributed by atoms with Crippen LogP contribution in [0.2, 0.25) is 0 Å². The van der Waals surface area contributed by atoms with Gasteiger partial charge in [-0.1, -0.05) is 105 Å². The van der Waals surface area contributed by atoms with E-state index < -0.39 is 0 Å². The lowest BCUT2D eigenvalue weighted by atomic mass is 9.82. The molecule has 0 aliphatic heterocycles. The summed E-state index contributed by atoms with van der Waals surface area (Å²) in [6.45, 7) is 4.70. The topological polar surface area (TPSA) is 30.7 Å². The second kappa shape index (κ2) is 9.71. The van der Waals surface area contributed by atoms with Gasteiger partial charge in [0, 0.05) is 43.1 Å². The number of para-hydroxylation sites is 1. The van der Waals surface area contributed by atoms with Crippen molar-refractivity contribution in [3.8, 4) is 39.5 Å². The second-order valence-corrected chi connectivity index (χ2v) is 14.1. The maximum Gasteiger partial charge on any atom is 0.160 e. The number of hydrogen-bond acceptors (Lipinski definition) is 3. The van der Waals surface area contributed by atoms with E-state index in [0.29, 0.717) is 0 Å². The highest BCUT2D eigenvalue weighted by atomic mass is 32.1. The van der Waals surface area contributed by atoms with Gasteiger partial charge in [0.15, 0.2) is 5.82 Å². The van der Waals surface area contributed by atoms with E-state index in [4.69, 9.17) is 9.97 Å². The minimum atomic E-state index is -0.0432. The summed E-state index contributed by atoms with van der Waals surface area (Å²) in [5.74, 6) is 0.741. The predicted molar refractivity (Wildman–Crippen MR) is 198 cm³/mol. The molecule has 0 fully saturated rings. The van der Waals surface area contributed by atoms with Crippen LogP contribution in [0.25, 0.3) is 81.6 Å². The zero-order valence-corrected chi connectivity index (χ0v) is 26.8. The molecule has 3 aromatic heterocycles. The van der Waals surface area contributed by atoms with Crippen molar-refractivity contribution in [2.24, 2.45) is 0 Å². The van der Waals surface area contributed by atoms with E-state index in [2.05, 4.69) is 158 Å². The minimum Gasteiger partial charge on any atom is -0.309 e. The van der Waals surface area contributed by atoms with Crippen LogP contribution < -0.4 is 0 Å². The van der Waals surface area contributed by atoms with Crippen molar-refractivity contribution in [2.75, 3.05) is 0 Å². The van der Waals surface area contributed by atoms with Crippen LogP contribution in [0.5, 0.6) is 0 Å². The Balaban J connectivity index is 1.16. The molecule has 0 bridgehead atoms. The van der Waals surface area contributed by atoms with Crippen LogP contribution in [0.1, 0.15) is 25.0 Å². The van der Waals surface area contributed by atoms with Crippen molar-refractivity contribution in [1.82, 2.24) is 14.5 Å². The third-order valence-electron chi connectivity index (χ3n) is 10.0. The van der Waals surface area contributed by atoms with Gasteiger partial charge in [-0.15, -0.1) is 11.3 Å². The standard InChI is InChI=1S/C43H29N3S/c1-43(2)34-17-9-6-14-29(34)32-25-37-33(24-35(32)43)30-15-7-10-18-36(30)46(37)28-22-20-27(21-23-28)42-44-39(26-12-4-3-5-13-26)41-40(45-42)31-16-8-11-19-38(31)47-41/h3-25H,1-2H3. The van der Waals surface area contributed by atoms with E-state index in [9.17, 15) is 0 Å². The van der Waals surface area contributed by atoms with Crippen molar-refractivity contribution in [2.45, 2.75) is 19.3 Å². The average Bonchev–Trinajstić information content (AvgIpc) is 3.73. The molecule has 0 N–H and O–H groups in total. The Hall–Kier alpha value is -5.58. The summed E-state index contributed by atoms with van der Waals surface area (Å²) in [6, 6.07) is 50.3. The molecule has 0 saturated heterocycles. The Bertz CT molecular complexity index is 2700. The van der Waals surface area contributed by atoms with E-state index in [-0.39, 0.29) is 5.41 Å². The zero-order chi connectivity index (χ0) is 31.3. The molecule has 9 aromatic rings. The summed E-state index contributed by atoms with van der Waals surface area (Å²) in [5, 5.41) is 3.73. The molecule has 10 rings (SSSR count). The first kappa shape index (κ1) is 26.6. The Morgan fingerprint density at radius 2 is 1.28 bits per heavy atom. The molecule has 0 amide bonds. The van der Waals surface area contributed by atoms with Gasteiger partial charge in [0.05, 0.1) is 26.9 Å². The van der Waals surface area contributed by atoms with Crippen molar-refractivity contribution in [3.05, 3.63) is 151 Å². The fraction of sp³-hybridized carbons (Fsp3) is 0.0698. The van der Waals surface area contributed by atoms with Crippen LogP contribution in [-0.4, -0.2) is 14.5 Å². The van der Waals surface area contributed by atoms with Crippen LogP contribution in [0.3, 0.4) is 0 Å². The lowest BCUT2D eigenvalue weighted by Crippen LogP contribution is -2.14. The number of rotatable bonds is 3. The minimum absolute atomic E-state index is 0.0432. The van der Waals surface area contributed by atoms with E-state index in [1.807, 2.05) is 0 Å². The quantitative estimate of drug-likeness (QED) is 0.197. The van der Waals surface area contributed by atoms with E-state index >= 15 is 0 Å². The second-order valence-electron chi connectivity index (χ2n) is 13.0. The lowest BCUT2D eigenvalue weighted by molar-refractivity contribution is 0.661. The van der Waals surface area contributed by atoms with Crippen LogP contribution in [0.4, 0.5) is 0 Å². The number of benzene rings is 6. The highest BCUT2D eigenvalue weighted by Gasteiger charge is 2.36. The van der Waals surface area contributed by atoms with Crippen molar-refractivity contribution in [1.29, 1.82) is 0 Å². The average molecular weight is 620 g/mol. The number of hydrogen-bond donors (Lipinski definition) is 0. The molecular weight excluding hydrogens is 591 g/mol. The third-order valence-corrected chi connectivity index (χ3v) is 11.2. The van der Waals surface area contributed by atoms with Gasteiger partial charge in [0.2, 0.25) is 0 Å². The Kier molecular flexibility index (Phi) is 5.50. The Morgan fingerprint density at radius 1 is 0.553 bits per heavy atom. The molecule has 47 heavy (non-hydrogen) atoms. The molecule has 3 heterocycles. The van der Waals surface area contributed by atoms with E-state index in [1.54, 1.807) is 11.3 Å². The van der Waals surface area contributed by atoms with Crippen LogP contribution in [0, 0.1) is 0 Å². The normalized spacial score (nSPS) is 13.5. The predicted octanol–water partition coefficient (Wildman–Crippen LogP) is 11.6. The first-order chi connectivity index (χ1) is 23.1. The molecule has 1 aliphatic rings. The molecule has 0 saturated carbocycles. The molecule has 0 unspecified atom stereocenters. The zero-order valence-electron chi connectivity index (χ0n) is 26.0. The molecule has 0 atom stereocenters. The fourth-order valence-electron chi connectivity index (χ4n) is 7.71. The molecule has 0 radical (unpaired) electrons. The van der Waals surface area contributed by atoms with Crippen molar-refractivity contribution < 1.29 is 0 Å². The maximum absolute atomic E-state index is 5.20. The summed E-state index contributed by atoms with van der Waals surface area (Å²) >= 11 is 1.77. The van der Waals surface area contributed by atoms with Crippen LogP contribution in [0.15, 0.2) is 140 Å². The molecule has 4 heteroatoms. The maximum atomic E-state index is 5.20. The number of fused-ring (bicyclic) bond motifs is 9. The number of aromatic nitrogens is 3. The summed E-state index contributed by atoms with van der Waals surface area (Å²) < 4.78 is 4.76. The molecule has 1 aliphatic carbocycles. The van der Waals surface area contributed by atoms with Crippen molar-refractivity contribution in [3.63, 3.8) is 0 Å². The van der Waals surface area contributed by atoms with Gasteiger partial charge in [0.25, 0.3) is 0 Å². The summed E-state index contributed by atoms with van der Waals surface area (Å²) in [7, 11) is 0. The number of nitrogens with zero attached hydrogens (tertiary/aromatic N) is 3. The number of thiophene rings is 1. The lowest BCUT2D eigenvalue weighted by Gasteiger charge is -2.21. The monoisotopic (exact) mass is 619 g/mol. The first-order valence-electron chi connectivity index (χ1n) is 16.1. The van der Waals surface area contributed by atoms with Crippen molar-refractivity contribution >= 4 is 53.4 Å². The molecule has 222 valence electrons. The fourth-order valence-corrected chi connectivity index (χ4v) is 8.87. The molecule has 0 spiro atoms. The SMILES string of the molecule is CC1(C)c2ccccc2-c2cc3c(cc21)c1ccccc1n3-c1ccc(-c2nc(-c3ccccc3)c3sc4ccccc4c3n2)cc1. The largest absolute Gasteiger partial charge is 0.309 e. The van der Waals surface area contributed by atoms with Crippen LogP contribution >= 0.6 is 11.3 Å². The highest BCUT2D eigenvalue weighted by Crippen LogP contribution is 2.51. The van der Waals surface area contributed by atoms with Gasteiger partial charge in [-0.05, 0) is 70.8 Å². The molecule has 3 nitrogen and oxygen atoms in total. The first-order valence-corrected chi connectivity index (χ1v) is 16.9.